The number of amides is 1. The molecule has 0 aliphatic carbocycles. The van der Waals surface area contributed by atoms with E-state index >= 15 is 0 Å². The summed E-state index contributed by atoms with van der Waals surface area (Å²) in [6, 6.07) is 8.07. The predicted molar refractivity (Wildman–Crippen MR) is 75.2 cm³/mol. The number of carbonyl (C=O) groups excluding carboxylic acids is 1. The van der Waals surface area contributed by atoms with Gasteiger partial charge in [-0.05, 0) is 18.9 Å². The number of benzene rings is 1. The first-order chi connectivity index (χ1) is 9.17. The fourth-order valence-corrected chi connectivity index (χ4v) is 2.60. The van der Waals surface area contributed by atoms with Crippen LogP contribution in [0.2, 0.25) is 0 Å². The number of hydrogen-bond donors (Lipinski definition) is 1. The van der Waals surface area contributed by atoms with Gasteiger partial charge < -0.3 is 9.64 Å². The fraction of sp³-hybridized carbons (Fsp3) is 0.533. The summed E-state index contributed by atoms with van der Waals surface area (Å²) in [7, 11) is 3.54. The molecule has 1 aromatic carbocycles. The summed E-state index contributed by atoms with van der Waals surface area (Å²) in [5.41, 5.74) is 1.12. The molecule has 1 fully saturated rings. The van der Waals surface area contributed by atoms with E-state index < -0.39 is 0 Å². The minimum absolute atomic E-state index is 0.0696. The number of nitrogens with zero attached hydrogens (tertiary/aromatic N) is 1. The Labute approximate surface area is 114 Å². The van der Waals surface area contributed by atoms with Gasteiger partial charge >= 0.3 is 0 Å². The molecular formula is C15H22N2O2. The Hall–Kier alpha value is -1.55. The Bertz CT molecular complexity index is 448. The largest absolute Gasteiger partial charge is 0.496 e. The summed E-state index contributed by atoms with van der Waals surface area (Å²) in [5, 5.41) is 3.47. The van der Waals surface area contributed by atoms with Gasteiger partial charge in [0.25, 0.3) is 0 Å². The average Bonchev–Trinajstić information content (AvgIpc) is 2.76. The first kappa shape index (κ1) is 13.9. The molecule has 0 spiro atoms. The third-order valence-corrected chi connectivity index (χ3v) is 3.75. The number of likely N-dealkylation sites (N-methyl/N-ethyl adjacent to an activating group) is 1. The number of ether oxygens (including phenoxy) is 1. The van der Waals surface area contributed by atoms with Gasteiger partial charge in [-0.3, -0.25) is 10.1 Å². The maximum atomic E-state index is 12.0. The van der Waals surface area contributed by atoms with E-state index in [1.54, 1.807) is 12.0 Å². The van der Waals surface area contributed by atoms with Gasteiger partial charge in [-0.2, -0.15) is 0 Å². The zero-order valence-electron chi connectivity index (χ0n) is 11.8. The van der Waals surface area contributed by atoms with Crippen molar-refractivity contribution >= 4 is 5.91 Å². The quantitative estimate of drug-likeness (QED) is 0.882. The standard InChI is InChI=1S/C15H22N2O2/c1-4-12(11-7-5-6-8-14(11)19-3)16-13-9-10-17(2)15(13)18/h5-8,12-13,16H,4,9-10H2,1-3H3. The molecule has 2 rings (SSSR count). The number of carbonyl (C=O) groups is 1. The lowest BCUT2D eigenvalue weighted by molar-refractivity contribution is -0.128. The second-order valence-corrected chi connectivity index (χ2v) is 4.97. The molecule has 1 saturated heterocycles. The van der Waals surface area contributed by atoms with Crippen molar-refractivity contribution in [2.45, 2.75) is 31.8 Å². The van der Waals surface area contributed by atoms with Crippen molar-refractivity contribution in [2.24, 2.45) is 0 Å². The molecule has 1 N–H and O–H groups in total. The van der Waals surface area contributed by atoms with Crippen LogP contribution in [-0.4, -0.2) is 37.6 Å². The molecule has 0 aromatic heterocycles. The Morgan fingerprint density at radius 1 is 1.47 bits per heavy atom. The number of hydrogen-bond acceptors (Lipinski definition) is 3. The molecule has 104 valence electrons. The molecule has 4 heteroatoms. The third-order valence-electron chi connectivity index (χ3n) is 3.75. The van der Waals surface area contributed by atoms with Crippen molar-refractivity contribution < 1.29 is 9.53 Å². The summed E-state index contributed by atoms with van der Waals surface area (Å²) in [6.45, 7) is 2.95. The van der Waals surface area contributed by atoms with Crippen molar-refractivity contribution in [1.29, 1.82) is 0 Å². The van der Waals surface area contributed by atoms with Crippen LogP contribution in [0, 0.1) is 0 Å². The van der Waals surface area contributed by atoms with Crippen LogP contribution in [0.5, 0.6) is 5.75 Å². The first-order valence-corrected chi connectivity index (χ1v) is 6.81. The molecule has 0 bridgehead atoms. The van der Waals surface area contributed by atoms with E-state index in [0.717, 1.165) is 30.7 Å². The van der Waals surface area contributed by atoms with Crippen molar-refractivity contribution in [3.05, 3.63) is 29.8 Å². The lowest BCUT2D eigenvalue weighted by atomic mass is 10.0. The van der Waals surface area contributed by atoms with Gasteiger partial charge in [-0.25, -0.2) is 0 Å². The number of para-hydroxylation sites is 1. The minimum atomic E-state index is -0.0696. The predicted octanol–water partition coefficient (Wildman–Crippen LogP) is 1.97. The van der Waals surface area contributed by atoms with Gasteiger partial charge in [-0.15, -0.1) is 0 Å². The van der Waals surface area contributed by atoms with Gasteiger partial charge in [0.2, 0.25) is 5.91 Å². The smallest absolute Gasteiger partial charge is 0.239 e. The van der Waals surface area contributed by atoms with E-state index in [-0.39, 0.29) is 18.0 Å². The van der Waals surface area contributed by atoms with Crippen LogP contribution in [0.25, 0.3) is 0 Å². The molecule has 1 aliphatic heterocycles. The summed E-state index contributed by atoms with van der Waals surface area (Å²) in [5.74, 6) is 1.06. The van der Waals surface area contributed by atoms with Crippen LogP contribution < -0.4 is 10.1 Å². The van der Waals surface area contributed by atoms with Gasteiger partial charge in [0.05, 0.1) is 13.2 Å². The van der Waals surface area contributed by atoms with Gasteiger partial charge in [0, 0.05) is 25.2 Å². The average molecular weight is 262 g/mol. The lowest BCUT2D eigenvalue weighted by Gasteiger charge is -2.23. The summed E-state index contributed by atoms with van der Waals surface area (Å²) >= 11 is 0. The number of nitrogens with one attached hydrogen (secondary N) is 1. The maximum absolute atomic E-state index is 12.0. The van der Waals surface area contributed by atoms with Crippen LogP contribution in [0.4, 0.5) is 0 Å². The zero-order valence-corrected chi connectivity index (χ0v) is 11.8. The van der Waals surface area contributed by atoms with Crippen molar-refractivity contribution in [3.8, 4) is 5.75 Å². The van der Waals surface area contributed by atoms with E-state index in [1.165, 1.54) is 0 Å². The van der Waals surface area contributed by atoms with E-state index in [0.29, 0.717) is 0 Å². The third kappa shape index (κ3) is 2.89. The van der Waals surface area contributed by atoms with Crippen molar-refractivity contribution in [3.63, 3.8) is 0 Å². The molecule has 0 saturated carbocycles. The monoisotopic (exact) mass is 262 g/mol. The maximum Gasteiger partial charge on any atom is 0.239 e. The number of rotatable bonds is 5. The van der Waals surface area contributed by atoms with Crippen molar-refractivity contribution in [2.75, 3.05) is 20.7 Å². The first-order valence-electron chi connectivity index (χ1n) is 6.81. The Morgan fingerprint density at radius 2 is 2.21 bits per heavy atom. The number of likely N-dealkylation sites (tertiary alicyclic amines) is 1. The number of methoxy groups -OCH3 is 1. The van der Waals surface area contributed by atoms with Crippen LogP contribution in [0.3, 0.4) is 0 Å². The van der Waals surface area contributed by atoms with E-state index in [4.69, 9.17) is 4.74 Å². The molecular weight excluding hydrogens is 240 g/mol. The minimum Gasteiger partial charge on any atom is -0.496 e. The van der Waals surface area contributed by atoms with E-state index in [9.17, 15) is 4.79 Å². The second-order valence-electron chi connectivity index (χ2n) is 4.97. The topological polar surface area (TPSA) is 41.6 Å². The van der Waals surface area contributed by atoms with Gasteiger partial charge in [0.15, 0.2) is 0 Å². The molecule has 1 amide bonds. The molecule has 4 nitrogen and oxygen atoms in total. The lowest BCUT2D eigenvalue weighted by Crippen LogP contribution is -2.39. The highest BCUT2D eigenvalue weighted by molar-refractivity contribution is 5.83. The molecule has 2 unspecified atom stereocenters. The highest BCUT2D eigenvalue weighted by atomic mass is 16.5. The summed E-state index contributed by atoms with van der Waals surface area (Å²) in [6.07, 6.45) is 1.80. The molecule has 2 atom stereocenters. The van der Waals surface area contributed by atoms with Crippen LogP contribution in [-0.2, 0) is 4.79 Å². The summed E-state index contributed by atoms with van der Waals surface area (Å²) in [4.78, 5) is 13.8. The zero-order chi connectivity index (χ0) is 13.8. The Kier molecular flexibility index (Phi) is 4.43. The molecule has 0 radical (unpaired) electrons. The molecule has 1 aliphatic rings. The van der Waals surface area contributed by atoms with Crippen LogP contribution in [0.15, 0.2) is 24.3 Å². The Morgan fingerprint density at radius 3 is 2.79 bits per heavy atom. The summed E-state index contributed by atoms with van der Waals surface area (Å²) < 4.78 is 5.41. The van der Waals surface area contributed by atoms with E-state index in [2.05, 4.69) is 18.3 Å². The SMILES string of the molecule is CCC(NC1CCN(C)C1=O)c1ccccc1OC. The van der Waals surface area contributed by atoms with Crippen LogP contribution in [0.1, 0.15) is 31.4 Å². The second kappa shape index (κ2) is 6.06. The fourth-order valence-electron chi connectivity index (χ4n) is 2.60. The van der Waals surface area contributed by atoms with Crippen molar-refractivity contribution in [1.82, 2.24) is 10.2 Å². The van der Waals surface area contributed by atoms with Gasteiger partial charge in [0.1, 0.15) is 5.75 Å². The highest BCUT2D eigenvalue weighted by Gasteiger charge is 2.31. The molecule has 1 aromatic rings. The highest BCUT2D eigenvalue weighted by Crippen LogP contribution is 2.28. The van der Waals surface area contributed by atoms with Gasteiger partial charge in [-0.1, -0.05) is 25.1 Å². The van der Waals surface area contributed by atoms with E-state index in [1.807, 2.05) is 25.2 Å². The molecule has 19 heavy (non-hydrogen) atoms. The Balaban J connectivity index is 2.14. The normalized spacial score (nSPS) is 20.7. The molecule has 1 heterocycles. The van der Waals surface area contributed by atoms with Crippen LogP contribution >= 0.6 is 0 Å².